The third-order valence-electron chi connectivity index (χ3n) is 5.08. The number of benzene rings is 1. The molecule has 0 N–H and O–H groups in total. The fourth-order valence-electron chi connectivity index (χ4n) is 3.34. The van der Waals surface area contributed by atoms with Crippen molar-refractivity contribution in [2.24, 2.45) is 0 Å². The van der Waals surface area contributed by atoms with Crippen LogP contribution in [-0.2, 0) is 0 Å². The molecule has 0 unspecified atom stereocenters. The second-order valence-electron chi connectivity index (χ2n) is 6.38. The molecule has 1 aromatic carbocycles. The van der Waals surface area contributed by atoms with Crippen LogP contribution in [0.4, 0.5) is 5.69 Å². The summed E-state index contributed by atoms with van der Waals surface area (Å²) in [6, 6.07) is 8.23. The molecule has 0 amide bonds. The third kappa shape index (κ3) is 3.20. The van der Waals surface area contributed by atoms with Crippen LogP contribution in [0.1, 0.15) is 47.0 Å². The maximum absolute atomic E-state index is 6.54. The van der Waals surface area contributed by atoms with Crippen LogP contribution >= 0.6 is 0 Å². The number of para-hydroxylation sites is 1. The van der Waals surface area contributed by atoms with Gasteiger partial charge in [-0.15, -0.1) is 0 Å². The maximum atomic E-state index is 6.54. The van der Waals surface area contributed by atoms with Crippen molar-refractivity contribution < 1.29 is 4.74 Å². The van der Waals surface area contributed by atoms with Crippen molar-refractivity contribution in [2.45, 2.75) is 62.3 Å². The van der Waals surface area contributed by atoms with Crippen LogP contribution in [-0.4, -0.2) is 32.1 Å². The van der Waals surface area contributed by atoms with Gasteiger partial charge in [-0.3, -0.25) is 0 Å². The van der Waals surface area contributed by atoms with Gasteiger partial charge in [0.2, 0.25) is 0 Å². The number of ether oxygens (including phenoxy) is 1. The minimum atomic E-state index is -1.38. The number of hydrogen-bond acceptors (Lipinski definition) is 1. The van der Waals surface area contributed by atoms with Crippen LogP contribution in [0.2, 0.25) is 9.88 Å². The summed E-state index contributed by atoms with van der Waals surface area (Å²) in [6.07, 6.45) is 3.07. The van der Waals surface area contributed by atoms with Gasteiger partial charge in [-0.05, 0) is 0 Å². The molecule has 22 heavy (non-hydrogen) atoms. The summed E-state index contributed by atoms with van der Waals surface area (Å²) in [6.45, 7) is 9.27. The normalized spacial score (nSPS) is 17.1. The third-order valence-corrected chi connectivity index (χ3v) is 10.3. The fourth-order valence-corrected chi connectivity index (χ4v) is 6.07. The summed E-state index contributed by atoms with van der Waals surface area (Å²) in [5, 5.41) is 5.16. The zero-order valence-corrected chi connectivity index (χ0v) is 17.7. The van der Waals surface area contributed by atoms with Gasteiger partial charge in [-0.25, -0.2) is 0 Å². The van der Waals surface area contributed by atoms with E-state index in [1.54, 1.807) is 3.59 Å². The Bertz CT molecular complexity index is 552. The zero-order chi connectivity index (χ0) is 16.3. The van der Waals surface area contributed by atoms with Crippen LogP contribution in [0, 0.1) is 0 Å². The Morgan fingerprint density at radius 1 is 1.18 bits per heavy atom. The first-order valence-electron chi connectivity index (χ1n) is 8.48. The molecule has 4 heteroatoms. The molecular weight excluding hydrogens is 376 g/mol. The standard InChI is InChI=1S/C16H22BNO.2CH3.Sn/c1-5-13(6-2)17-16(7-3,8-4)19-15-12-10-9-11-14(15)18-17;;;/h9-12H,5,7-8H2,1-4H3;2*1H3;/q-1;;;+1. The van der Waals surface area contributed by atoms with Crippen molar-refractivity contribution in [3.63, 3.8) is 0 Å². The van der Waals surface area contributed by atoms with Gasteiger partial charge in [0.1, 0.15) is 0 Å². The summed E-state index contributed by atoms with van der Waals surface area (Å²) in [4.78, 5) is 4.93. The Hall–Kier alpha value is -0.576. The number of allylic oxidation sites excluding steroid dienone is 2. The Morgan fingerprint density at radius 3 is 2.36 bits per heavy atom. The predicted octanol–water partition coefficient (Wildman–Crippen LogP) is 5.73. The molecule has 0 aliphatic carbocycles. The molecular formula is C18H28BNOSn. The molecule has 0 aromatic heterocycles. The first-order valence-corrected chi connectivity index (χ1v) is 15.6. The van der Waals surface area contributed by atoms with Crippen LogP contribution in [0.25, 0.3) is 5.23 Å². The van der Waals surface area contributed by atoms with Crippen LogP contribution in [0.3, 0.4) is 0 Å². The molecule has 0 radical (unpaired) electrons. The van der Waals surface area contributed by atoms with Gasteiger partial charge in [0.25, 0.3) is 0 Å². The van der Waals surface area contributed by atoms with Gasteiger partial charge >= 0.3 is 144 Å². The molecule has 118 valence electrons. The van der Waals surface area contributed by atoms with E-state index in [2.05, 4.69) is 55.8 Å². The first-order chi connectivity index (χ1) is 10.5. The van der Waals surface area contributed by atoms with E-state index in [4.69, 9.17) is 9.96 Å². The van der Waals surface area contributed by atoms with E-state index in [1.165, 1.54) is 5.47 Å². The van der Waals surface area contributed by atoms with E-state index in [9.17, 15) is 0 Å². The minimum absolute atomic E-state index is 0.179. The van der Waals surface area contributed by atoms with Gasteiger partial charge in [0.05, 0.1) is 0 Å². The van der Waals surface area contributed by atoms with Gasteiger partial charge in [-0.1, -0.05) is 0 Å². The number of nitrogens with zero attached hydrogens (tertiary/aromatic N) is 1. The molecule has 2 rings (SSSR count). The molecule has 0 spiro atoms. The van der Waals surface area contributed by atoms with Crippen molar-refractivity contribution in [1.82, 2.24) is 0 Å². The van der Waals surface area contributed by atoms with E-state index >= 15 is 0 Å². The summed E-state index contributed by atoms with van der Waals surface area (Å²) in [5.74, 6) is 0.947. The first kappa shape index (κ1) is 17.8. The molecule has 0 saturated carbocycles. The molecule has 1 aliphatic heterocycles. The Morgan fingerprint density at radius 2 is 1.82 bits per heavy atom. The average molecular weight is 404 g/mol. The Balaban J connectivity index is 2.54. The van der Waals surface area contributed by atoms with E-state index < -0.39 is 19.8 Å². The number of rotatable bonds is 5. The van der Waals surface area contributed by atoms with Crippen LogP contribution in [0.5, 0.6) is 5.75 Å². The fraction of sp³-hybridized carbons (Fsp3) is 0.556. The van der Waals surface area contributed by atoms with E-state index in [-0.39, 0.29) is 12.3 Å². The van der Waals surface area contributed by atoms with Gasteiger partial charge < -0.3 is 0 Å². The average Bonchev–Trinajstić information content (AvgIpc) is 2.54. The number of hydrogen-bond donors (Lipinski definition) is 0. The van der Waals surface area contributed by atoms with E-state index in [1.807, 2.05) is 6.07 Å². The van der Waals surface area contributed by atoms with Crippen molar-refractivity contribution in [3.8, 4) is 5.75 Å². The predicted molar refractivity (Wildman–Crippen MR) is 99.6 cm³/mol. The molecule has 1 aliphatic rings. The molecule has 0 atom stereocenters. The van der Waals surface area contributed by atoms with Gasteiger partial charge in [0.15, 0.2) is 0 Å². The van der Waals surface area contributed by atoms with Crippen molar-refractivity contribution in [1.29, 1.82) is 0 Å². The summed E-state index contributed by atoms with van der Waals surface area (Å²) < 4.78 is 8.20. The monoisotopic (exact) mass is 405 g/mol. The van der Waals surface area contributed by atoms with Crippen molar-refractivity contribution in [2.75, 3.05) is 0 Å². The summed E-state index contributed by atoms with van der Waals surface area (Å²) >= 11 is -1.38. The Labute approximate surface area is 143 Å². The van der Waals surface area contributed by atoms with Crippen LogP contribution in [0.15, 0.2) is 33.3 Å². The second-order valence-corrected chi connectivity index (χ2v) is 14.2. The number of fused-ring (bicyclic) bond motifs is 1. The van der Waals surface area contributed by atoms with E-state index in [0.717, 1.165) is 30.7 Å². The molecule has 1 heterocycles. The Kier molecular flexibility index (Phi) is 5.92. The molecule has 0 bridgehead atoms. The summed E-state index contributed by atoms with van der Waals surface area (Å²) in [5.41, 5.74) is 2.37. The van der Waals surface area contributed by atoms with E-state index in [0.29, 0.717) is 0 Å². The van der Waals surface area contributed by atoms with Crippen molar-refractivity contribution >= 4 is 32.3 Å². The zero-order valence-electron chi connectivity index (χ0n) is 14.9. The quantitative estimate of drug-likeness (QED) is 0.575. The van der Waals surface area contributed by atoms with Gasteiger partial charge in [0, 0.05) is 0 Å². The molecule has 2 nitrogen and oxygen atoms in total. The topological polar surface area (TPSA) is 23.3 Å². The van der Waals surface area contributed by atoms with Gasteiger partial charge in [-0.2, -0.15) is 0 Å². The molecule has 1 aromatic rings. The van der Waals surface area contributed by atoms with Crippen molar-refractivity contribution in [3.05, 3.63) is 38.6 Å². The summed E-state index contributed by atoms with van der Waals surface area (Å²) in [7, 11) is 0. The molecule has 0 fully saturated rings. The second kappa shape index (κ2) is 7.33. The molecule has 0 saturated heterocycles. The van der Waals surface area contributed by atoms with Crippen LogP contribution < -0.4 is 4.74 Å². The SMILES string of the molecule is CC/C(B1[N-]c2ccccc2OC1(CC)CC)=[C](\C)[Sn+]([CH3])[CH3].